The minimum Gasteiger partial charge on any atom is -0.449 e. The van der Waals surface area contributed by atoms with Crippen LogP contribution in [-0.4, -0.2) is 25.4 Å². The van der Waals surface area contributed by atoms with Crippen molar-refractivity contribution in [2.24, 2.45) is 0 Å². The van der Waals surface area contributed by atoms with Gasteiger partial charge in [-0.3, -0.25) is 10.6 Å². The number of benzene rings is 2. The molecule has 0 aliphatic rings. The second-order valence-corrected chi connectivity index (χ2v) is 7.98. The van der Waals surface area contributed by atoms with E-state index in [1.54, 1.807) is 0 Å². The van der Waals surface area contributed by atoms with Gasteiger partial charge in [0.15, 0.2) is 0 Å². The molecular formula is C26H36N2O4. The standard InChI is InChI=1S/C26H36N2O4/c1-21-15-9-11-17-23(21)27-25(29)31-19-13-7-5-3-4-6-8-14-20-32-26(30)28-24-18-12-10-16-22(24)2/h9-12,15-18H,3-8,13-14,19-20H2,1-2H3,(H,27,29)(H,28,30). The number of carbonyl (C=O) groups excluding carboxylic acids is 2. The molecule has 2 aromatic carbocycles. The van der Waals surface area contributed by atoms with Gasteiger partial charge in [0.05, 0.1) is 13.2 Å². The quantitative estimate of drug-likeness (QED) is 0.322. The maximum atomic E-state index is 11.8. The molecule has 32 heavy (non-hydrogen) atoms. The molecule has 6 heteroatoms. The van der Waals surface area contributed by atoms with E-state index in [0.29, 0.717) is 13.2 Å². The lowest BCUT2D eigenvalue weighted by Crippen LogP contribution is -2.15. The highest BCUT2D eigenvalue weighted by atomic mass is 16.6. The van der Waals surface area contributed by atoms with Gasteiger partial charge in [0, 0.05) is 11.4 Å². The van der Waals surface area contributed by atoms with Gasteiger partial charge in [-0.1, -0.05) is 74.9 Å². The molecule has 174 valence electrons. The Morgan fingerprint density at radius 2 is 0.938 bits per heavy atom. The van der Waals surface area contributed by atoms with Gasteiger partial charge in [-0.25, -0.2) is 9.59 Å². The summed E-state index contributed by atoms with van der Waals surface area (Å²) in [7, 11) is 0. The fourth-order valence-electron chi connectivity index (χ4n) is 3.31. The van der Waals surface area contributed by atoms with Crippen LogP contribution in [0.2, 0.25) is 0 Å². The summed E-state index contributed by atoms with van der Waals surface area (Å²) in [6, 6.07) is 15.3. The van der Waals surface area contributed by atoms with E-state index in [9.17, 15) is 9.59 Å². The molecule has 2 aromatic rings. The molecule has 0 aromatic heterocycles. The summed E-state index contributed by atoms with van der Waals surface area (Å²) in [4.78, 5) is 23.6. The second-order valence-electron chi connectivity index (χ2n) is 7.98. The van der Waals surface area contributed by atoms with Crippen molar-refractivity contribution in [3.05, 3.63) is 59.7 Å². The van der Waals surface area contributed by atoms with E-state index in [1.807, 2.05) is 62.4 Å². The minimum absolute atomic E-state index is 0.394. The van der Waals surface area contributed by atoms with E-state index >= 15 is 0 Å². The lowest BCUT2D eigenvalue weighted by atomic mass is 10.1. The van der Waals surface area contributed by atoms with Crippen LogP contribution in [0, 0.1) is 13.8 Å². The number of hydrogen-bond donors (Lipinski definition) is 2. The summed E-state index contributed by atoms with van der Waals surface area (Å²) in [6.45, 7) is 4.79. The number of amides is 2. The largest absolute Gasteiger partial charge is 0.449 e. The van der Waals surface area contributed by atoms with Gasteiger partial charge in [0.25, 0.3) is 0 Å². The molecule has 0 heterocycles. The summed E-state index contributed by atoms with van der Waals surface area (Å²) in [5.41, 5.74) is 3.60. The number of para-hydroxylation sites is 2. The van der Waals surface area contributed by atoms with Crippen LogP contribution in [0.15, 0.2) is 48.5 Å². The first kappa shape index (κ1) is 25.2. The first-order chi connectivity index (χ1) is 15.6. The zero-order valence-electron chi connectivity index (χ0n) is 19.3. The number of nitrogens with one attached hydrogen (secondary N) is 2. The van der Waals surface area contributed by atoms with E-state index in [1.165, 1.54) is 12.8 Å². The summed E-state index contributed by atoms with van der Waals surface area (Å²) in [6.07, 6.45) is 7.70. The van der Waals surface area contributed by atoms with Crippen molar-refractivity contribution in [1.29, 1.82) is 0 Å². The van der Waals surface area contributed by atoms with Crippen LogP contribution < -0.4 is 10.6 Å². The molecule has 0 bridgehead atoms. The molecule has 0 fully saturated rings. The van der Waals surface area contributed by atoms with Gasteiger partial charge in [0.2, 0.25) is 0 Å². The molecule has 0 aliphatic heterocycles. The highest BCUT2D eigenvalue weighted by Crippen LogP contribution is 2.15. The Morgan fingerprint density at radius 3 is 1.31 bits per heavy atom. The topological polar surface area (TPSA) is 76.7 Å². The van der Waals surface area contributed by atoms with E-state index in [4.69, 9.17) is 9.47 Å². The van der Waals surface area contributed by atoms with Crippen LogP contribution in [-0.2, 0) is 9.47 Å². The summed E-state index contributed by atoms with van der Waals surface area (Å²) in [5.74, 6) is 0. The van der Waals surface area contributed by atoms with Crippen LogP contribution in [0.25, 0.3) is 0 Å². The molecule has 0 atom stereocenters. The molecule has 2 N–H and O–H groups in total. The number of carbonyl (C=O) groups is 2. The van der Waals surface area contributed by atoms with E-state index < -0.39 is 12.2 Å². The van der Waals surface area contributed by atoms with Crippen molar-refractivity contribution in [2.45, 2.75) is 65.2 Å². The van der Waals surface area contributed by atoms with Crippen LogP contribution in [0.3, 0.4) is 0 Å². The lowest BCUT2D eigenvalue weighted by molar-refractivity contribution is 0.157. The maximum Gasteiger partial charge on any atom is 0.411 e. The predicted octanol–water partition coefficient (Wildman–Crippen LogP) is 7.22. The molecule has 0 spiro atoms. The highest BCUT2D eigenvalue weighted by Gasteiger charge is 2.05. The maximum absolute atomic E-state index is 11.8. The van der Waals surface area contributed by atoms with E-state index in [-0.39, 0.29) is 0 Å². The highest BCUT2D eigenvalue weighted by molar-refractivity contribution is 5.86. The molecule has 0 radical (unpaired) electrons. The number of aryl methyl sites for hydroxylation is 2. The third-order valence-corrected chi connectivity index (χ3v) is 5.27. The Hall–Kier alpha value is -3.02. The molecular weight excluding hydrogens is 404 g/mol. The number of ether oxygens (including phenoxy) is 2. The van der Waals surface area contributed by atoms with Crippen molar-refractivity contribution in [2.75, 3.05) is 23.8 Å². The Kier molecular flexibility index (Phi) is 11.7. The van der Waals surface area contributed by atoms with Crippen LogP contribution in [0.5, 0.6) is 0 Å². The van der Waals surface area contributed by atoms with Gasteiger partial charge in [0.1, 0.15) is 0 Å². The third kappa shape index (κ3) is 10.3. The minimum atomic E-state index is -0.394. The summed E-state index contributed by atoms with van der Waals surface area (Å²) < 4.78 is 10.5. The average molecular weight is 441 g/mol. The Morgan fingerprint density at radius 1 is 0.594 bits per heavy atom. The first-order valence-electron chi connectivity index (χ1n) is 11.5. The van der Waals surface area contributed by atoms with Crippen molar-refractivity contribution >= 4 is 23.6 Å². The van der Waals surface area contributed by atoms with E-state index in [0.717, 1.165) is 61.0 Å². The molecule has 6 nitrogen and oxygen atoms in total. The number of hydrogen-bond acceptors (Lipinski definition) is 4. The molecule has 0 saturated carbocycles. The average Bonchev–Trinajstić information content (AvgIpc) is 2.77. The van der Waals surface area contributed by atoms with Crippen LogP contribution in [0.1, 0.15) is 62.5 Å². The van der Waals surface area contributed by atoms with Crippen molar-refractivity contribution in [1.82, 2.24) is 0 Å². The molecule has 0 unspecified atom stereocenters. The van der Waals surface area contributed by atoms with Crippen molar-refractivity contribution in [3.8, 4) is 0 Å². The summed E-state index contributed by atoms with van der Waals surface area (Å²) in [5, 5.41) is 5.54. The smallest absolute Gasteiger partial charge is 0.411 e. The van der Waals surface area contributed by atoms with Crippen molar-refractivity contribution in [3.63, 3.8) is 0 Å². The SMILES string of the molecule is Cc1ccccc1NC(=O)OCCCCCCCCCCOC(=O)Nc1ccccc1C. The van der Waals surface area contributed by atoms with Crippen LogP contribution >= 0.6 is 0 Å². The number of unbranched alkanes of at least 4 members (excludes halogenated alkanes) is 7. The van der Waals surface area contributed by atoms with Crippen molar-refractivity contribution < 1.29 is 19.1 Å². The fraction of sp³-hybridized carbons (Fsp3) is 0.462. The van der Waals surface area contributed by atoms with Gasteiger partial charge >= 0.3 is 12.2 Å². The third-order valence-electron chi connectivity index (χ3n) is 5.27. The van der Waals surface area contributed by atoms with E-state index in [2.05, 4.69) is 10.6 Å². The van der Waals surface area contributed by atoms with Crippen LogP contribution in [0.4, 0.5) is 21.0 Å². The molecule has 2 amide bonds. The zero-order chi connectivity index (χ0) is 23.0. The summed E-state index contributed by atoms with van der Waals surface area (Å²) >= 11 is 0. The lowest BCUT2D eigenvalue weighted by Gasteiger charge is -2.09. The number of rotatable bonds is 13. The Labute approximate surface area is 191 Å². The number of anilines is 2. The zero-order valence-corrected chi connectivity index (χ0v) is 19.3. The van der Waals surface area contributed by atoms with Gasteiger partial charge < -0.3 is 9.47 Å². The van der Waals surface area contributed by atoms with Gasteiger partial charge in [-0.15, -0.1) is 0 Å². The Balaban J connectivity index is 1.37. The molecule has 2 rings (SSSR count). The Bertz CT molecular complexity index is 769. The molecule has 0 saturated heterocycles. The fourth-order valence-corrected chi connectivity index (χ4v) is 3.31. The normalized spacial score (nSPS) is 10.4. The monoisotopic (exact) mass is 440 g/mol. The second kappa shape index (κ2) is 14.9. The molecule has 0 aliphatic carbocycles. The van der Waals surface area contributed by atoms with Gasteiger partial charge in [-0.05, 0) is 49.9 Å². The van der Waals surface area contributed by atoms with Gasteiger partial charge in [-0.2, -0.15) is 0 Å². The predicted molar refractivity (Wildman–Crippen MR) is 129 cm³/mol. The first-order valence-corrected chi connectivity index (χ1v) is 11.5.